The molecular weight excluding hydrogens is 747 g/mol. The number of fused-ring (bicyclic) bond motifs is 1. The van der Waals surface area contributed by atoms with Gasteiger partial charge in [-0.1, -0.05) is 72.8 Å². The molecule has 58 heavy (non-hydrogen) atoms. The first kappa shape index (κ1) is 42.0. The maximum absolute atomic E-state index is 14.2. The van der Waals surface area contributed by atoms with Gasteiger partial charge in [0.2, 0.25) is 29.5 Å². The summed E-state index contributed by atoms with van der Waals surface area (Å²) in [6.07, 6.45) is 0.711. The maximum atomic E-state index is 14.2. The summed E-state index contributed by atoms with van der Waals surface area (Å²) in [5.74, 6) is -5.80. The number of phenolic OH excluding ortho intramolecular Hbond substituents is 2. The van der Waals surface area contributed by atoms with Crippen molar-refractivity contribution in [2.24, 2.45) is 11.5 Å². The van der Waals surface area contributed by atoms with Gasteiger partial charge in [-0.2, -0.15) is 0 Å². The van der Waals surface area contributed by atoms with Gasteiger partial charge in [-0.15, -0.1) is 0 Å². The number of H-pyrrole nitrogens is 1. The number of carboxylic acids is 1. The largest absolute Gasteiger partial charge is 0.508 e. The average molecular weight is 792 g/mol. The third-order valence-electron chi connectivity index (χ3n) is 9.41. The number of aromatic nitrogens is 1. The number of rotatable bonds is 19. The molecule has 0 saturated heterocycles. The quantitative estimate of drug-likeness (QED) is 0.0568. The van der Waals surface area contributed by atoms with Crippen molar-refractivity contribution in [3.63, 3.8) is 0 Å². The Morgan fingerprint density at radius 3 is 1.55 bits per heavy atom. The van der Waals surface area contributed by atoms with Crippen LogP contribution in [0.4, 0.5) is 0 Å². The maximum Gasteiger partial charge on any atom is 0.326 e. The molecule has 1 aromatic heterocycles. The molecular formula is C42H45N7O9. The first-order valence-electron chi connectivity index (χ1n) is 18.4. The second-order valence-corrected chi connectivity index (χ2v) is 13.9. The van der Waals surface area contributed by atoms with Crippen molar-refractivity contribution in [3.05, 3.63) is 132 Å². The number of aliphatic carboxylic acids is 1. The Bertz CT molecular complexity index is 2230. The number of primary amides is 1. The lowest BCUT2D eigenvalue weighted by molar-refractivity contribution is -0.142. The molecule has 0 fully saturated rings. The summed E-state index contributed by atoms with van der Waals surface area (Å²) in [5, 5.41) is 40.8. The summed E-state index contributed by atoms with van der Waals surface area (Å²) >= 11 is 0. The lowest BCUT2D eigenvalue weighted by Crippen LogP contribution is -2.59. The smallest absolute Gasteiger partial charge is 0.326 e. The number of carbonyl (C=O) groups excluding carboxylic acids is 5. The molecule has 1 heterocycles. The molecule has 0 aliphatic heterocycles. The van der Waals surface area contributed by atoms with Crippen LogP contribution in [-0.2, 0) is 54.5 Å². The van der Waals surface area contributed by atoms with E-state index in [0.29, 0.717) is 16.7 Å². The Morgan fingerprint density at radius 1 is 0.552 bits per heavy atom. The van der Waals surface area contributed by atoms with E-state index in [-0.39, 0.29) is 37.2 Å². The van der Waals surface area contributed by atoms with Gasteiger partial charge in [0.25, 0.3) is 0 Å². The van der Waals surface area contributed by atoms with Crippen LogP contribution in [0.3, 0.4) is 0 Å². The molecule has 16 nitrogen and oxygen atoms in total. The number of para-hydroxylation sites is 1. The fourth-order valence-electron chi connectivity index (χ4n) is 6.34. The van der Waals surface area contributed by atoms with E-state index in [2.05, 4.69) is 26.3 Å². The molecule has 0 unspecified atom stereocenters. The van der Waals surface area contributed by atoms with Crippen LogP contribution in [0, 0.1) is 0 Å². The van der Waals surface area contributed by atoms with Crippen LogP contribution in [0.2, 0.25) is 0 Å². The van der Waals surface area contributed by atoms with Gasteiger partial charge in [0, 0.05) is 36.4 Å². The monoisotopic (exact) mass is 791 g/mol. The van der Waals surface area contributed by atoms with Gasteiger partial charge >= 0.3 is 5.97 Å². The summed E-state index contributed by atoms with van der Waals surface area (Å²) in [6, 6.07) is 20.8. The van der Waals surface area contributed by atoms with E-state index in [9.17, 15) is 44.1 Å². The van der Waals surface area contributed by atoms with E-state index in [1.54, 1.807) is 42.6 Å². The highest BCUT2D eigenvalue weighted by atomic mass is 16.4. The minimum atomic E-state index is -1.54. The highest BCUT2D eigenvalue weighted by molar-refractivity contribution is 5.97. The van der Waals surface area contributed by atoms with Crippen LogP contribution in [0.5, 0.6) is 11.5 Å². The Labute approximate surface area is 333 Å². The molecule has 302 valence electrons. The molecule has 0 aliphatic carbocycles. The molecule has 5 amide bonds. The molecule has 12 N–H and O–H groups in total. The highest BCUT2D eigenvalue weighted by Gasteiger charge is 2.33. The van der Waals surface area contributed by atoms with Crippen LogP contribution in [0.15, 0.2) is 109 Å². The zero-order valence-corrected chi connectivity index (χ0v) is 31.3. The first-order chi connectivity index (χ1) is 27.7. The van der Waals surface area contributed by atoms with Crippen LogP contribution in [0.1, 0.15) is 28.7 Å². The number of benzene rings is 4. The normalized spacial score (nSPS) is 13.6. The van der Waals surface area contributed by atoms with Crippen molar-refractivity contribution < 1.29 is 44.1 Å². The van der Waals surface area contributed by atoms with E-state index in [1.165, 1.54) is 48.5 Å². The molecule has 4 aromatic carbocycles. The lowest BCUT2D eigenvalue weighted by Gasteiger charge is -2.26. The molecule has 5 aromatic rings. The number of phenols is 2. The SMILES string of the molecule is NC(=O)C[C@H](NC(=O)[C@@H](N)Cc1ccccc1)C(=O)N[C@@H](Cc1ccc(O)cc1)C(=O)N[C@@H](Cc1ccc(O)cc1)C(=O)N[C@@H](Cc1c[nH]c2ccccc12)C(=O)O. The summed E-state index contributed by atoms with van der Waals surface area (Å²) in [5.41, 5.74) is 14.7. The predicted octanol–water partition coefficient (Wildman–Crippen LogP) is 1.08. The van der Waals surface area contributed by atoms with Crippen molar-refractivity contribution >= 4 is 46.4 Å². The second kappa shape index (κ2) is 19.6. The number of nitrogens with one attached hydrogen (secondary N) is 5. The average Bonchev–Trinajstić information content (AvgIpc) is 3.61. The van der Waals surface area contributed by atoms with Crippen LogP contribution >= 0.6 is 0 Å². The molecule has 5 atom stereocenters. The third kappa shape index (κ3) is 11.9. The number of hydrogen-bond acceptors (Lipinski definition) is 9. The molecule has 0 bridgehead atoms. The van der Waals surface area contributed by atoms with E-state index in [4.69, 9.17) is 11.5 Å². The second-order valence-electron chi connectivity index (χ2n) is 13.9. The highest BCUT2D eigenvalue weighted by Crippen LogP contribution is 2.20. The first-order valence-corrected chi connectivity index (χ1v) is 18.4. The van der Waals surface area contributed by atoms with Gasteiger partial charge < -0.3 is 53.0 Å². The van der Waals surface area contributed by atoms with Gasteiger partial charge in [0.1, 0.15) is 35.7 Å². The van der Waals surface area contributed by atoms with E-state index >= 15 is 0 Å². The van der Waals surface area contributed by atoms with Crippen LogP contribution in [0.25, 0.3) is 10.9 Å². The summed E-state index contributed by atoms with van der Waals surface area (Å²) in [4.78, 5) is 82.7. The number of amides is 5. The van der Waals surface area contributed by atoms with Gasteiger partial charge in [-0.25, -0.2) is 4.79 Å². The number of carbonyl (C=O) groups is 6. The summed E-state index contributed by atoms with van der Waals surface area (Å²) in [6.45, 7) is 0. The number of nitrogens with two attached hydrogens (primary N) is 2. The predicted molar refractivity (Wildman–Crippen MR) is 213 cm³/mol. The number of hydrogen-bond donors (Lipinski definition) is 10. The zero-order chi connectivity index (χ0) is 41.8. The van der Waals surface area contributed by atoms with Gasteiger partial charge in [-0.3, -0.25) is 24.0 Å². The minimum absolute atomic E-state index is 0.0474. The van der Waals surface area contributed by atoms with Crippen molar-refractivity contribution in [1.29, 1.82) is 0 Å². The minimum Gasteiger partial charge on any atom is -0.508 e. The zero-order valence-electron chi connectivity index (χ0n) is 31.3. The summed E-state index contributed by atoms with van der Waals surface area (Å²) in [7, 11) is 0. The molecule has 0 aliphatic rings. The number of aromatic hydroxyl groups is 2. The molecule has 0 radical (unpaired) electrons. The molecule has 5 rings (SSSR count). The standard InChI is InChI=1S/C42H45N7O9/c43-31(18-24-6-2-1-3-7-24)38(53)46-35(22-37(44)52)41(56)48-33(19-25-10-14-28(50)15-11-25)39(54)47-34(20-26-12-16-29(51)17-13-26)40(55)49-36(42(57)58)21-27-23-45-32-9-5-4-8-30(27)32/h1-17,23,31,33-36,45,50-51H,18-22,43H2,(H2,44,52)(H,46,53)(H,47,54)(H,48,56)(H,49,55)(H,57,58)/t31-,33-,34-,35-,36-/m0/s1. The third-order valence-corrected chi connectivity index (χ3v) is 9.41. The van der Waals surface area contributed by atoms with Crippen LogP contribution in [-0.4, -0.2) is 86.0 Å². The number of aromatic amines is 1. The molecule has 16 heteroatoms. The van der Waals surface area contributed by atoms with Gasteiger partial charge in [-0.05, 0) is 59.0 Å². The molecule has 0 spiro atoms. The van der Waals surface area contributed by atoms with Crippen LogP contribution < -0.4 is 32.7 Å². The van der Waals surface area contributed by atoms with Gasteiger partial charge in [0.05, 0.1) is 12.5 Å². The fourth-order valence-corrected chi connectivity index (χ4v) is 6.34. The lowest BCUT2D eigenvalue weighted by atomic mass is 10.0. The Morgan fingerprint density at radius 2 is 1.02 bits per heavy atom. The Hall–Kier alpha value is -7.20. The molecule has 0 saturated carbocycles. The topological polar surface area (TPSA) is 279 Å². The Kier molecular flexibility index (Phi) is 14.2. The fraction of sp³-hybridized carbons (Fsp3) is 0.238. The van der Waals surface area contributed by atoms with Crippen molar-refractivity contribution in [2.75, 3.05) is 0 Å². The van der Waals surface area contributed by atoms with E-state index in [0.717, 1.165) is 16.5 Å². The summed E-state index contributed by atoms with van der Waals surface area (Å²) < 4.78 is 0. The van der Waals surface area contributed by atoms with E-state index < -0.39 is 72.1 Å². The van der Waals surface area contributed by atoms with Crippen molar-refractivity contribution in [3.8, 4) is 11.5 Å². The van der Waals surface area contributed by atoms with Gasteiger partial charge in [0.15, 0.2) is 0 Å². The van der Waals surface area contributed by atoms with Crippen molar-refractivity contribution in [2.45, 2.75) is 62.3 Å². The van der Waals surface area contributed by atoms with E-state index in [1.807, 2.05) is 18.2 Å². The Balaban J connectivity index is 1.39. The van der Waals surface area contributed by atoms with Crippen molar-refractivity contribution in [1.82, 2.24) is 26.3 Å². The number of carboxylic acid groups (broad SMARTS) is 1.